The van der Waals surface area contributed by atoms with Gasteiger partial charge in [-0.25, -0.2) is 9.78 Å². The number of hydrogen-bond acceptors (Lipinski definition) is 6. The molecule has 7 heteroatoms. The first-order chi connectivity index (χ1) is 9.08. The predicted molar refractivity (Wildman–Crippen MR) is 69.7 cm³/mol. The molecule has 2 rings (SSSR count). The highest BCUT2D eigenvalue weighted by Crippen LogP contribution is 2.20. The van der Waals surface area contributed by atoms with Gasteiger partial charge in [0.1, 0.15) is 5.82 Å². The lowest BCUT2D eigenvalue weighted by atomic mass is 10.2. The van der Waals surface area contributed by atoms with Crippen LogP contribution in [0, 0.1) is 6.92 Å². The molecule has 2 heterocycles. The van der Waals surface area contributed by atoms with Crippen LogP contribution in [0.1, 0.15) is 21.7 Å². The molecule has 0 fully saturated rings. The lowest BCUT2D eigenvalue weighted by molar-refractivity contribution is 0.0698. The van der Waals surface area contributed by atoms with Crippen LogP contribution in [0.25, 0.3) is 0 Å². The summed E-state index contributed by atoms with van der Waals surface area (Å²) >= 11 is 0. The minimum atomic E-state index is -1.09. The fraction of sp³-hybridized carbons (Fsp3) is 0.167. The van der Waals surface area contributed by atoms with Crippen molar-refractivity contribution in [2.24, 2.45) is 0 Å². The van der Waals surface area contributed by atoms with E-state index in [1.165, 1.54) is 12.3 Å². The van der Waals surface area contributed by atoms with E-state index in [4.69, 9.17) is 10.8 Å². The van der Waals surface area contributed by atoms with Gasteiger partial charge in [-0.05, 0) is 13.0 Å². The summed E-state index contributed by atoms with van der Waals surface area (Å²) in [5, 5.41) is 11.9. The van der Waals surface area contributed by atoms with Gasteiger partial charge in [-0.2, -0.15) is 0 Å². The normalized spacial score (nSPS) is 10.2. The van der Waals surface area contributed by atoms with Gasteiger partial charge < -0.3 is 16.2 Å². The van der Waals surface area contributed by atoms with Crippen molar-refractivity contribution in [3.05, 3.63) is 41.6 Å². The van der Waals surface area contributed by atoms with Crippen molar-refractivity contribution in [2.75, 3.05) is 11.1 Å². The molecular formula is C12H13N5O2. The summed E-state index contributed by atoms with van der Waals surface area (Å²) in [6.45, 7) is 2.22. The molecule has 0 saturated carbocycles. The van der Waals surface area contributed by atoms with Crippen molar-refractivity contribution < 1.29 is 9.90 Å². The van der Waals surface area contributed by atoms with E-state index in [1.807, 2.05) is 6.92 Å². The van der Waals surface area contributed by atoms with Crippen LogP contribution in [-0.4, -0.2) is 26.0 Å². The number of aromatic carboxylic acids is 1. The number of anilines is 2. The number of nitrogen functional groups attached to an aromatic ring is 1. The van der Waals surface area contributed by atoms with Crippen molar-refractivity contribution in [2.45, 2.75) is 13.5 Å². The summed E-state index contributed by atoms with van der Waals surface area (Å²) in [7, 11) is 0. The molecule has 0 unspecified atom stereocenters. The fourth-order valence-electron chi connectivity index (χ4n) is 1.49. The second-order valence-corrected chi connectivity index (χ2v) is 3.93. The average Bonchev–Trinajstić information content (AvgIpc) is 2.39. The molecule has 0 amide bonds. The third kappa shape index (κ3) is 2.95. The number of hydrogen-bond donors (Lipinski definition) is 3. The maximum absolute atomic E-state index is 10.9. The smallest absolute Gasteiger partial charge is 0.337 e. The Kier molecular flexibility index (Phi) is 3.56. The molecule has 0 aromatic carbocycles. The van der Waals surface area contributed by atoms with Crippen molar-refractivity contribution in [3.63, 3.8) is 0 Å². The predicted octanol–water partition coefficient (Wildman–Crippen LogP) is 1.07. The molecule has 0 aliphatic heterocycles. The third-order valence-electron chi connectivity index (χ3n) is 2.49. The van der Waals surface area contributed by atoms with E-state index in [1.54, 1.807) is 12.4 Å². The summed E-state index contributed by atoms with van der Waals surface area (Å²) < 4.78 is 0. The van der Waals surface area contributed by atoms with Gasteiger partial charge >= 0.3 is 5.97 Å². The van der Waals surface area contributed by atoms with Crippen LogP contribution in [0.15, 0.2) is 24.7 Å². The number of aromatic nitrogens is 3. The standard InChI is InChI=1S/C12H13N5O2/c1-7-4-16-8(5-15-7)6-17-11-10(13)9(12(18)19)2-3-14-11/h2-5H,6,13H2,1H3,(H,14,17)(H,18,19). The van der Waals surface area contributed by atoms with E-state index in [0.717, 1.165) is 5.69 Å². The van der Waals surface area contributed by atoms with E-state index in [0.29, 0.717) is 18.1 Å². The van der Waals surface area contributed by atoms with Crippen molar-refractivity contribution in [1.82, 2.24) is 15.0 Å². The first-order valence-corrected chi connectivity index (χ1v) is 5.57. The number of carboxylic acids is 1. The first kappa shape index (κ1) is 12.7. The third-order valence-corrected chi connectivity index (χ3v) is 2.49. The number of pyridine rings is 1. The minimum absolute atomic E-state index is 0.0208. The van der Waals surface area contributed by atoms with E-state index in [2.05, 4.69) is 20.3 Å². The van der Waals surface area contributed by atoms with Crippen LogP contribution in [0.5, 0.6) is 0 Å². The molecular weight excluding hydrogens is 246 g/mol. The second kappa shape index (κ2) is 5.30. The minimum Gasteiger partial charge on any atom is -0.478 e. The van der Waals surface area contributed by atoms with Crippen molar-refractivity contribution >= 4 is 17.5 Å². The van der Waals surface area contributed by atoms with Crippen LogP contribution >= 0.6 is 0 Å². The lowest BCUT2D eigenvalue weighted by Gasteiger charge is -2.09. The van der Waals surface area contributed by atoms with E-state index in [-0.39, 0.29) is 11.3 Å². The Morgan fingerprint density at radius 2 is 2.16 bits per heavy atom. The number of aryl methyl sites for hydroxylation is 1. The summed E-state index contributed by atoms with van der Waals surface area (Å²) in [6, 6.07) is 1.36. The molecule has 0 bridgehead atoms. The molecule has 0 spiro atoms. The molecule has 7 nitrogen and oxygen atoms in total. The number of carboxylic acid groups (broad SMARTS) is 1. The molecule has 19 heavy (non-hydrogen) atoms. The maximum atomic E-state index is 10.9. The Morgan fingerprint density at radius 3 is 2.79 bits per heavy atom. The zero-order chi connectivity index (χ0) is 13.8. The zero-order valence-corrected chi connectivity index (χ0v) is 10.3. The molecule has 0 saturated heterocycles. The van der Waals surface area contributed by atoms with Crippen molar-refractivity contribution in [1.29, 1.82) is 0 Å². The van der Waals surface area contributed by atoms with Crippen LogP contribution in [0.3, 0.4) is 0 Å². The molecule has 0 radical (unpaired) electrons. The van der Waals surface area contributed by atoms with Crippen LogP contribution in [-0.2, 0) is 6.54 Å². The van der Waals surface area contributed by atoms with Gasteiger partial charge in [-0.1, -0.05) is 0 Å². The number of nitrogens with one attached hydrogen (secondary N) is 1. The molecule has 0 aliphatic carbocycles. The van der Waals surface area contributed by atoms with Gasteiger partial charge in [0.05, 0.1) is 35.4 Å². The number of nitrogens with two attached hydrogens (primary N) is 1. The Morgan fingerprint density at radius 1 is 1.37 bits per heavy atom. The van der Waals surface area contributed by atoms with E-state index >= 15 is 0 Å². The largest absolute Gasteiger partial charge is 0.478 e. The maximum Gasteiger partial charge on any atom is 0.337 e. The first-order valence-electron chi connectivity index (χ1n) is 5.57. The topological polar surface area (TPSA) is 114 Å². The molecule has 2 aromatic heterocycles. The van der Waals surface area contributed by atoms with Gasteiger partial charge in [0.15, 0.2) is 0 Å². The Bertz CT molecular complexity index is 598. The Labute approximate surface area is 109 Å². The van der Waals surface area contributed by atoms with Gasteiger partial charge in [-0.15, -0.1) is 0 Å². The highest BCUT2D eigenvalue weighted by Gasteiger charge is 2.11. The van der Waals surface area contributed by atoms with Crippen LogP contribution < -0.4 is 11.1 Å². The quantitative estimate of drug-likeness (QED) is 0.752. The zero-order valence-electron chi connectivity index (χ0n) is 10.3. The molecule has 4 N–H and O–H groups in total. The van der Waals surface area contributed by atoms with Crippen LogP contribution in [0.4, 0.5) is 11.5 Å². The highest BCUT2D eigenvalue weighted by atomic mass is 16.4. The lowest BCUT2D eigenvalue weighted by Crippen LogP contribution is -2.10. The number of nitrogens with zero attached hydrogens (tertiary/aromatic N) is 3. The molecule has 98 valence electrons. The van der Waals surface area contributed by atoms with Gasteiger partial charge in [0.25, 0.3) is 0 Å². The SMILES string of the molecule is Cc1cnc(CNc2nccc(C(=O)O)c2N)cn1. The summed E-state index contributed by atoms with van der Waals surface area (Å²) in [6.07, 6.45) is 4.68. The van der Waals surface area contributed by atoms with Gasteiger partial charge in [0.2, 0.25) is 0 Å². The average molecular weight is 259 g/mol. The van der Waals surface area contributed by atoms with Crippen molar-refractivity contribution in [3.8, 4) is 0 Å². The summed E-state index contributed by atoms with van der Waals surface area (Å²) in [4.78, 5) is 23.2. The van der Waals surface area contributed by atoms with Gasteiger partial charge in [0, 0.05) is 12.4 Å². The monoisotopic (exact) mass is 259 g/mol. The summed E-state index contributed by atoms with van der Waals surface area (Å²) in [5.41, 5.74) is 7.40. The Balaban J connectivity index is 2.13. The van der Waals surface area contributed by atoms with Crippen LogP contribution in [0.2, 0.25) is 0 Å². The molecule has 0 aliphatic rings. The molecule has 2 aromatic rings. The number of rotatable bonds is 4. The molecule has 0 atom stereocenters. The number of carbonyl (C=O) groups is 1. The van der Waals surface area contributed by atoms with E-state index in [9.17, 15) is 4.79 Å². The fourth-order valence-corrected chi connectivity index (χ4v) is 1.49. The van der Waals surface area contributed by atoms with E-state index < -0.39 is 5.97 Å². The Hall–Kier alpha value is -2.70. The second-order valence-electron chi connectivity index (χ2n) is 3.93. The summed E-state index contributed by atoms with van der Waals surface area (Å²) in [5.74, 6) is -0.764. The van der Waals surface area contributed by atoms with Gasteiger partial charge in [-0.3, -0.25) is 9.97 Å². The highest BCUT2D eigenvalue weighted by molar-refractivity contribution is 5.96.